The van der Waals surface area contributed by atoms with E-state index in [4.69, 9.17) is 26.1 Å². The van der Waals surface area contributed by atoms with Crippen molar-refractivity contribution in [1.82, 2.24) is 33.9 Å². The SMILES string of the molecule is CCOCOCc1cc(C2CC2)cn2cc(Cn3cc(C(=O)NCc4ncn5ccc(Cl)cc45)cn3)nc12. The Labute approximate surface area is 224 Å². The minimum atomic E-state index is -0.225. The van der Waals surface area contributed by atoms with E-state index in [1.807, 2.05) is 29.8 Å². The number of halogens is 1. The summed E-state index contributed by atoms with van der Waals surface area (Å²) in [4.78, 5) is 22.0. The van der Waals surface area contributed by atoms with Crippen LogP contribution in [0.1, 0.15) is 58.6 Å². The Balaban J connectivity index is 1.14. The van der Waals surface area contributed by atoms with Crippen molar-refractivity contribution in [1.29, 1.82) is 0 Å². The molecular formula is C27H28ClN7O3. The number of nitrogens with one attached hydrogen (secondary N) is 1. The van der Waals surface area contributed by atoms with Crippen molar-refractivity contribution in [2.24, 2.45) is 0 Å². The van der Waals surface area contributed by atoms with Gasteiger partial charge in [-0.25, -0.2) is 9.97 Å². The highest BCUT2D eigenvalue weighted by molar-refractivity contribution is 6.30. The van der Waals surface area contributed by atoms with Gasteiger partial charge >= 0.3 is 0 Å². The van der Waals surface area contributed by atoms with E-state index < -0.39 is 0 Å². The largest absolute Gasteiger partial charge is 0.356 e. The van der Waals surface area contributed by atoms with Crippen molar-refractivity contribution in [3.63, 3.8) is 0 Å². The van der Waals surface area contributed by atoms with Crippen molar-refractivity contribution in [2.45, 2.75) is 45.4 Å². The predicted molar refractivity (Wildman–Crippen MR) is 141 cm³/mol. The van der Waals surface area contributed by atoms with E-state index in [0.717, 1.165) is 28.1 Å². The summed E-state index contributed by atoms with van der Waals surface area (Å²) in [5.74, 6) is 0.387. The molecule has 38 heavy (non-hydrogen) atoms. The highest BCUT2D eigenvalue weighted by atomic mass is 35.5. The van der Waals surface area contributed by atoms with Crippen molar-refractivity contribution >= 4 is 28.7 Å². The van der Waals surface area contributed by atoms with Crippen LogP contribution in [-0.4, -0.2) is 47.9 Å². The number of hydrogen-bond acceptors (Lipinski definition) is 6. The van der Waals surface area contributed by atoms with Gasteiger partial charge in [-0.3, -0.25) is 9.48 Å². The molecule has 1 N–H and O–H groups in total. The second-order valence-electron chi connectivity index (χ2n) is 9.43. The second kappa shape index (κ2) is 10.6. The van der Waals surface area contributed by atoms with Crippen LogP contribution < -0.4 is 5.32 Å². The number of carbonyl (C=O) groups is 1. The number of nitrogens with zero attached hydrogens (tertiary/aromatic N) is 6. The molecule has 196 valence electrons. The van der Waals surface area contributed by atoms with Gasteiger partial charge in [0.25, 0.3) is 5.91 Å². The molecule has 10 nitrogen and oxygen atoms in total. The Hall–Kier alpha value is -3.73. The standard InChI is InChI=1S/C27H28ClN7O3/c1-2-37-17-38-15-20-7-19(18-3-4-18)11-34-13-23(32-26(20)34)14-35-12-21(9-31-35)27(36)29-10-24-25-8-22(28)5-6-33(25)16-30-24/h5-9,11-13,16,18H,2-4,10,14-15,17H2,1H3,(H,29,36). The van der Waals surface area contributed by atoms with Crippen LogP contribution in [-0.2, 0) is 29.2 Å². The van der Waals surface area contributed by atoms with E-state index in [0.29, 0.717) is 36.3 Å². The van der Waals surface area contributed by atoms with Crippen LogP contribution in [0.2, 0.25) is 5.02 Å². The van der Waals surface area contributed by atoms with Crippen LogP contribution in [0.4, 0.5) is 0 Å². The predicted octanol–water partition coefficient (Wildman–Crippen LogP) is 4.20. The molecule has 6 rings (SSSR count). The van der Waals surface area contributed by atoms with Crippen LogP contribution in [0.25, 0.3) is 11.2 Å². The highest BCUT2D eigenvalue weighted by Gasteiger charge is 2.25. The molecule has 0 radical (unpaired) electrons. The minimum Gasteiger partial charge on any atom is -0.356 e. The molecule has 1 fully saturated rings. The van der Waals surface area contributed by atoms with Gasteiger partial charge in [0, 0.05) is 42.0 Å². The van der Waals surface area contributed by atoms with Crippen molar-refractivity contribution in [3.05, 3.63) is 88.6 Å². The van der Waals surface area contributed by atoms with Gasteiger partial charge in [-0.15, -0.1) is 0 Å². The zero-order valence-corrected chi connectivity index (χ0v) is 21.8. The fourth-order valence-corrected chi connectivity index (χ4v) is 4.67. The minimum absolute atomic E-state index is 0.225. The lowest BCUT2D eigenvalue weighted by atomic mass is 10.1. The molecule has 0 aromatic carbocycles. The first-order chi connectivity index (χ1) is 18.6. The molecule has 1 aliphatic carbocycles. The topological polar surface area (TPSA) is 100.0 Å². The average molecular weight is 534 g/mol. The zero-order chi connectivity index (χ0) is 26.1. The molecule has 5 aromatic heterocycles. The molecule has 0 atom stereocenters. The van der Waals surface area contributed by atoms with E-state index in [1.54, 1.807) is 29.5 Å². The molecule has 1 saturated carbocycles. The molecule has 0 bridgehead atoms. The Morgan fingerprint density at radius 3 is 2.92 bits per heavy atom. The van der Waals surface area contributed by atoms with Crippen LogP contribution >= 0.6 is 11.6 Å². The van der Waals surface area contributed by atoms with Gasteiger partial charge in [0.05, 0.1) is 54.7 Å². The quantitative estimate of drug-likeness (QED) is 0.202. The normalized spacial score (nSPS) is 13.5. The monoisotopic (exact) mass is 533 g/mol. The number of rotatable bonds is 11. The Morgan fingerprint density at radius 2 is 2.08 bits per heavy atom. The fraction of sp³-hybridized carbons (Fsp3) is 0.333. The lowest BCUT2D eigenvalue weighted by Crippen LogP contribution is -2.22. The molecule has 0 unspecified atom stereocenters. The number of carbonyl (C=O) groups excluding carboxylic acids is 1. The van der Waals surface area contributed by atoms with Crippen LogP contribution in [0.15, 0.2) is 55.5 Å². The Bertz CT molecular complexity index is 1600. The lowest BCUT2D eigenvalue weighted by molar-refractivity contribution is -0.0569. The molecule has 11 heteroatoms. The second-order valence-corrected chi connectivity index (χ2v) is 9.87. The summed E-state index contributed by atoms with van der Waals surface area (Å²) < 4.78 is 16.7. The summed E-state index contributed by atoms with van der Waals surface area (Å²) >= 11 is 6.11. The number of aromatic nitrogens is 6. The number of pyridine rings is 2. The number of fused-ring (bicyclic) bond motifs is 2. The molecular weight excluding hydrogens is 506 g/mol. The van der Waals surface area contributed by atoms with E-state index >= 15 is 0 Å². The molecule has 0 aliphatic heterocycles. The maximum atomic E-state index is 12.8. The summed E-state index contributed by atoms with van der Waals surface area (Å²) in [5, 5.41) is 7.92. The molecule has 0 spiro atoms. The summed E-state index contributed by atoms with van der Waals surface area (Å²) in [6.45, 7) is 3.97. The molecule has 5 heterocycles. The maximum absolute atomic E-state index is 12.8. The van der Waals surface area contributed by atoms with E-state index in [-0.39, 0.29) is 19.2 Å². The van der Waals surface area contributed by atoms with Crippen molar-refractivity contribution in [3.8, 4) is 0 Å². The molecule has 1 aliphatic rings. The zero-order valence-electron chi connectivity index (χ0n) is 21.0. The number of amides is 1. The summed E-state index contributed by atoms with van der Waals surface area (Å²) in [6.07, 6.45) is 13.4. The van der Waals surface area contributed by atoms with E-state index in [1.165, 1.54) is 18.4 Å². The van der Waals surface area contributed by atoms with Crippen molar-refractivity contribution in [2.75, 3.05) is 13.4 Å². The highest BCUT2D eigenvalue weighted by Crippen LogP contribution is 2.40. The van der Waals surface area contributed by atoms with E-state index in [2.05, 4.69) is 32.1 Å². The lowest BCUT2D eigenvalue weighted by Gasteiger charge is -2.08. The third-order valence-corrected chi connectivity index (χ3v) is 6.83. The van der Waals surface area contributed by atoms with Gasteiger partial charge in [0.1, 0.15) is 12.4 Å². The summed E-state index contributed by atoms with van der Waals surface area (Å²) in [7, 11) is 0. The number of hydrogen-bond donors (Lipinski definition) is 1. The fourth-order valence-electron chi connectivity index (χ4n) is 4.51. The van der Waals surface area contributed by atoms with Gasteiger partial charge < -0.3 is 23.6 Å². The van der Waals surface area contributed by atoms with Gasteiger partial charge in [0.15, 0.2) is 0 Å². The first-order valence-corrected chi connectivity index (χ1v) is 13.0. The summed E-state index contributed by atoms with van der Waals surface area (Å²) in [6, 6.07) is 5.82. The molecule has 5 aromatic rings. The first-order valence-electron chi connectivity index (χ1n) is 12.6. The van der Waals surface area contributed by atoms with Crippen LogP contribution in [0.3, 0.4) is 0 Å². The molecule has 0 saturated heterocycles. The third-order valence-electron chi connectivity index (χ3n) is 6.59. The van der Waals surface area contributed by atoms with Crippen LogP contribution in [0, 0.1) is 0 Å². The van der Waals surface area contributed by atoms with Gasteiger partial charge in [-0.1, -0.05) is 11.6 Å². The Morgan fingerprint density at radius 1 is 1.18 bits per heavy atom. The Kier molecular flexibility index (Phi) is 6.84. The average Bonchev–Trinajstić information content (AvgIpc) is 3.32. The summed E-state index contributed by atoms with van der Waals surface area (Å²) in [5.41, 5.74) is 6.11. The van der Waals surface area contributed by atoms with Gasteiger partial charge in [-0.05, 0) is 49.4 Å². The van der Waals surface area contributed by atoms with Crippen LogP contribution in [0.5, 0.6) is 0 Å². The van der Waals surface area contributed by atoms with Gasteiger partial charge in [-0.2, -0.15) is 5.10 Å². The smallest absolute Gasteiger partial charge is 0.254 e. The number of ether oxygens (including phenoxy) is 2. The van der Waals surface area contributed by atoms with Gasteiger partial charge in [0.2, 0.25) is 0 Å². The molecule has 1 amide bonds. The third kappa shape index (κ3) is 5.28. The number of imidazole rings is 2. The first kappa shape index (κ1) is 24.6. The van der Waals surface area contributed by atoms with E-state index in [9.17, 15) is 4.79 Å². The maximum Gasteiger partial charge on any atom is 0.254 e. The van der Waals surface area contributed by atoms with Crippen molar-refractivity contribution < 1.29 is 14.3 Å².